The van der Waals surface area contributed by atoms with Gasteiger partial charge in [0.2, 0.25) is 0 Å². The molecule has 0 amide bonds. The Hall–Kier alpha value is -0.0400. The van der Waals surface area contributed by atoms with E-state index in [2.05, 4.69) is 76.2 Å². The second-order valence-electron chi connectivity index (χ2n) is 10.7. The van der Waals surface area contributed by atoms with Crippen LogP contribution in [0.1, 0.15) is 102 Å². The van der Waals surface area contributed by atoms with Crippen LogP contribution in [0.5, 0.6) is 0 Å². The van der Waals surface area contributed by atoms with E-state index in [1.54, 1.807) is 0 Å². The monoisotopic (exact) mass is 354 g/mol. The first kappa shape index (κ1) is 25.0. The zero-order valence-corrected chi connectivity index (χ0v) is 19.5. The summed E-state index contributed by atoms with van der Waals surface area (Å²) in [5.74, 6) is 3.51. The molecule has 0 aliphatic rings. The minimum Gasteiger partial charge on any atom is -0.380 e. The van der Waals surface area contributed by atoms with Gasteiger partial charge in [0.05, 0.1) is 13.2 Å². The lowest BCUT2D eigenvalue weighted by molar-refractivity contribution is -0.0629. The Morgan fingerprint density at radius 1 is 0.560 bits per heavy atom. The zero-order valence-electron chi connectivity index (χ0n) is 19.5. The van der Waals surface area contributed by atoms with E-state index in [9.17, 15) is 0 Å². The molecule has 0 aliphatic carbocycles. The highest BCUT2D eigenvalue weighted by atomic mass is 16.5. The van der Waals surface area contributed by atoms with Crippen LogP contribution in [0.2, 0.25) is 0 Å². The van der Waals surface area contributed by atoms with E-state index in [1.165, 1.54) is 25.7 Å². The molecule has 0 bridgehead atoms. The SMILES string of the molecule is CCC(COCC(CC(C)C)(CC(C)C)C(C)C)(CC(C)C)C(C)C. The Morgan fingerprint density at radius 3 is 1.16 bits per heavy atom. The molecule has 0 saturated carbocycles. The lowest BCUT2D eigenvalue weighted by atomic mass is 9.67. The Labute approximate surface area is 160 Å². The Kier molecular flexibility index (Phi) is 10.9. The normalized spacial score (nSPS) is 15.8. The molecule has 1 nitrogen and oxygen atoms in total. The Morgan fingerprint density at radius 2 is 0.880 bits per heavy atom. The van der Waals surface area contributed by atoms with Gasteiger partial charge in [-0.1, -0.05) is 76.2 Å². The van der Waals surface area contributed by atoms with Gasteiger partial charge in [0.1, 0.15) is 0 Å². The maximum absolute atomic E-state index is 6.58. The summed E-state index contributed by atoms with van der Waals surface area (Å²) in [5.41, 5.74) is 0.642. The van der Waals surface area contributed by atoms with Gasteiger partial charge in [0.15, 0.2) is 0 Å². The molecular weight excluding hydrogens is 304 g/mol. The van der Waals surface area contributed by atoms with E-state index in [-0.39, 0.29) is 0 Å². The van der Waals surface area contributed by atoms with Crippen molar-refractivity contribution in [1.82, 2.24) is 0 Å². The average Bonchev–Trinajstić information content (AvgIpc) is 2.43. The summed E-state index contributed by atoms with van der Waals surface area (Å²) in [5, 5.41) is 0. The lowest BCUT2D eigenvalue weighted by Crippen LogP contribution is -2.39. The zero-order chi connectivity index (χ0) is 19.8. The first-order valence-corrected chi connectivity index (χ1v) is 11.0. The highest BCUT2D eigenvalue weighted by Crippen LogP contribution is 2.43. The summed E-state index contributed by atoms with van der Waals surface area (Å²) < 4.78 is 6.58. The van der Waals surface area contributed by atoms with Crippen LogP contribution in [0.3, 0.4) is 0 Å². The van der Waals surface area contributed by atoms with Gasteiger partial charge in [0.25, 0.3) is 0 Å². The molecule has 0 heterocycles. The Bertz CT molecular complexity index is 330. The van der Waals surface area contributed by atoms with Crippen LogP contribution in [0, 0.1) is 40.4 Å². The van der Waals surface area contributed by atoms with E-state index in [0.29, 0.717) is 22.7 Å². The van der Waals surface area contributed by atoms with Crippen LogP contribution in [-0.4, -0.2) is 13.2 Å². The summed E-state index contributed by atoms with van der Waals surface area (Å²) in [4.78, 5) is 0. The van der Waals surface area contributed by atoms with Gasteiger partial charge >= 0.3 is 0 Å². The molecule has 0 rings (SSSR count). The first-order valence-electron chi connectivity index (χ1n) is 11.0. The maximum atomic E-state index is 6.58. The summed E-state index contributed by atoms with van der Waals surface area (Å²) in [6.45, 7) is 27.9. The number of ether oxygens (including phenoxy) is 1. The van der Waals surface area contributed by atoms with Gasteiger partial charge in [-0.15, -0.1) is 0 Å². The van der Waals surface area contributed by atoms with Crippen LogP contribution in [0.25, 0.3) is 0 Å². The smallest absolute Gasteiger partial charge is 0.0525 e. The van der Waals surface area contributed by atoms with Crippen molar-refractivity contribution < 1.29 is 4.74 Å². The third-order valence-corrected chi connectivity index (χ3v) is 6.38. The van der Waals surface area contributed by atoms with Crippen molar-refractivity contribution in [2.45, 2.75) is 102 Å². The fraction of sp³-hybridized carbons (Fsp3) is 1.00. The second kappa shape index (κ2) is 11.0. The summed E-state index contributed by atoms with van der Waals surface area (Å²) in [6, 6.07) is 0. The van der Waals surface area contributed by atoms with Gasteiger partial charge in [0, 0.05) is 0 Å². The molecule has 0 aromatic heterocycles. The molecular formula is C24H50O. The van der Waals surface area contributed by atoms with Crippen LogP contribution < -0.4 is 0 Å². The molecule has 0 aromatic rings. The van der Waals surface area contributed by atoms with Gasteiger partial charge in [-0.05, 0) is 66.1 Å². The van der Waals surface area contributed by atoms with Crippen molar-refractivity contribution in [1.29, 1.82) is 0 Å². The minimum atomic E-state index is 0.316. The standard InChI is InChI=1S/C24H50O/c1-12-23(21(8)9,13-18(2)3)16-25-17-24(22(10)11,14-19(4)5)15-20(6)7/h18-22H,12-17H2,1-11H3. The predicted octanol–water partition coefficient (Wildman–Crippen LogP) is 7.84. The molecule has 0 radical (unpaired) electrons. The van der Waals surface area contributed by atoms with Crippen molar-refractivity contribution in [3.63, 3.8) is 0 Å². The molecule has 0 aliphatic heterocycles. The van der Waals surface area contributed by atoms with Crippen LogP contribution >= 0.6 is 0 Å². The maximum Gasteiger partial charge on any atom is 0.0525 e. The van der Waals surface area contributed by atoms with E-state index in [0.717, 1.165) is 31.0 Å². The third-order valence-electron chi connectivity index (χ3n) is 6.38. The van der Waals surface area contributed by atoms with E-state index in [4.69, 9.17) is 4.74 Å². The van der Waals surface area contributed by atoms with Crippen LogP contribution in [0.4, 0.5) is 0 Å². The molecule has 1 unspecified atom stereocenters. The molecule has 152 valence electrons. The largest absolute Gasteiger partial charge is 0.380 e. The number of hydrogen-bond acceptors (Lipinski definition) is 1. The topological polar surface area (TPSA) is 9.23 Å². The van der Waals surface area contributed by atoms with Gasteiger partial charge in [-0.3, -0.25) is 0 Å². The van der Waals surface area contributed by atoms with Crippen LogP contribution in [-0.2, 0) is 4.74 Å². The highest BCUT2D eigenvalue weighted by molar-refractivity contribution is 4.87. The van der Waals surface area contributed by atoms with Crippen molar-refractivity contribution in [2.24, 2.45) is 40.4 Å². The van der Waals surface area contributed by atoms with Gasteiger partial charge in [-0.25, -0.2) is 0 Å². The second-order valence-corrected chi connectivity index (χ2v) is 10.7. The van der Waals surface area contributed by atoms with Crippen molar-refractivity contribution >= 4 is 0 Å². The molecule has 0 fully saturated rings. The molecule has 0 N–H and O–H groups in total. The first-order chi connectivity index (χ1) is 11.4. The molecule has 1 heteroatoms. The molecule has 1 atom stereocenters. The van der Waals surface area contributed by atoms with E-state index < -0.39 is 0 Å². The van der Waals surface area contributed by atoms with Gasteiger partial charge < -0.3 is 4.74 Å². The summed E-state index contributed by atoms with van der Waals surface area (Å²) >= 11 is 0. The molecule has 0 aromatic carbocycles. The fourth-order valence-corrected chi connectivity index (χ4v) is 4.85. The van der Waals surface area contributed by atoms with Crippen molar-refractivity contribution in [3.8, 4) is 0 Å². The van der Waals surface area contributed by atoms with E-state index in [1.807, 2.05) is 0 Å². The Balaban J connectivity index is 5.24. The summed E-state index contributed by atoms with van der Waals surface area (Å²) in [7, 11) is 0. The molecule has 25 heavy (non-hydrogen) atoms. The van der Waals surface area contributed by atoms with Crippen LogP contribution in [0.15, 0.2) is 0 Å². The molecule has 0 spiro atoms. The van der Waals surface area contributed by atoms with E-state index >= 15 is 0 Å². The average molecular weight is 355 g/mol. The third kappa shape index (κ3) is 8.02. The minimum absolute atomic E-state index is 0.316. The molecule has 0 saturated heterocycles. The highest BCUT2D eigenvalue weighted by Gasteiger charge is 2.38. The quantitative estimate of drug-likeness (QED) is 0.327. The van der Waals surface area contributed by atoms with Crippen molar-refractivity contribution in [3.05, 3.63) is 0 Å². The predicted molar refractivity (Wildman–Crippen MR) is 114 cm³/mol. The number of rotatable bonds is 13. The number of hydrogen-bond donors (Lipinski definition) is 0. The fourth-order valence-electron chi connectivity index (χ4n) is 4.85. The van der Waals surface area contributed by atoms with Crippen molar-refractivity contribution in [2.75, 3.05) is 13.2 Å². The van der Waals surface area contributed by atoms with Gasteiger partial charge in [-0.2, -0.15) is 0 Å². The lowest BCUT2D eigenvalue weighted by Gasteiger charge is -2.43. The summed E-state index contributed by atoms with van der Waals surface area (Å²) in [6.07, 6.45) is 5.03.